The third kappa shape index (κ3) is 3.28. The standard InChI is InChI=1S/C16H13ClFN3OS/c1-21-10(8-13(20-21)14-6-3-7-23-14)9-19-16(22)15-11(17)4-2-5-12(15)18/h2-8H,9H2,1H3,(H,19,22). The summed E-state index contributed by atoms with van der Waals surface area (Å²) in [5.41, 5.74) is 1.51. The lowest BCUT2D eigenvalue weighted by molar-refractivity contribution is 0.0946. The summed E-state index contributed by atoms with van der Waals surface area (Å²) < 4.78 is 15.4. The fourth-order valence-corrected chi connectivity index (χ4v) is 3.12. The van der Waals surface area contributed by atoms with Crippen LogP contribution < -0.4 is 5.32 Å². The zero-order valence-electron chi connectivity index (χ0n) is 12.2. The van der Waals surface area contributed by atoms with Crippen molar-refractivity contribution in [2.45, 2.75) is 6.54 Å². The molecule has 0 fully saturated rings. The number of thiophene rings is 1. The molecule has 0 atom stereocenters. The van der Waals surface area contributed by atoms with E-state index in [-0.39, 0.29) is 17.1 Å². The van der Waals surface area contributed by atoms with Crippen LogP contribution in [0, 0.1) is 5.82 Å². The summed E-state index contributed by atoms with van der Waals surface area (Å²) in [6, 6.07) is 9.99. The third-order valence-corrected chi connectivity index (χ3v) is 4.58. The van der Waals surface area contributed by atoms with Gasteiger partial charge in [0.15, 0.2) is 0 Å². The first-order valence-corrected chi connectivity index (χ1v) is 8.11. The van der Waals surface area contributed by atoms with Gasteiger partial charge in [0.25, 0.3) is 5.91 Å². The van der Waals surface area contributed by atoms with E-state index in [9.17, 15) is 9.18 Å². The number of rotatable bonds is 4. The lowest BCUT2D eigenvalue weighted by Gasteiger charge is -2.07. The van der Waals surface area contributed by atoms with Gasteiger partial charge in [-0.1, -0.05) is 23.7 Å². The average molecular weight is 350 g/mol. The Labute approximate surface area is 141 Å². The van der Waals surface area contributed by atoms with E-state index in [1.165, 1.54) is 18.2 Å². The summed E-state index contributed by atoms with van der Waals surface area (Å²) in [6.07, 6.45) is 0. The first kappa shape index (κ1) is 15.7. The molecule has 2 heterocycles. The summed E-state index contributed by atoms with van der Waals surface area (Å²) >= 11 is 7.49. The zero-order chi connectivity index (χ0) is 16.4. The van der Waals surface area contributed by atoms with Gasteiger partial charge in [0.2, 0.25) is 0 Å². The molecule has 7 heteroatoms. The van der Waals surface area contributed by atoms with E-state index >= 15 is 0 Å². The van der Waals surface area contributed by atoms with Crippen LogP contribution in [0.4, 0.5) is 4.39 Å². The minimum absolute atomic E-state index is 0.0896. The molecule has 0 aliphatic carbocycles. The number of nitrogens with zero attached hydrogens (tertiary/aromatic N) is 2. The van der Waals surface area contributed by atoms with Crippen LogP contribution in [0.25, 0.3) is 10.6 Å². The fourth-order valence-electron chi connectivity index (χ4n) is 2.19. The smallest absolute Gasteiger partial charge is 0.256 e. The Morgan fingerprint density at radius 2 is 2.22 bits per heavy atom. The maximum absolute atomic E-state index is 13.7. The summed E-state index contributed by atoms with van der Waals surface area (Å²) in [5.74, 6) is -1.19. The molecule has 0 aliphatic heterocycles. The van der Waals surface area contributed by atoms with Gasteiger partial charge in [-0.15, -0.1) is 11.3 Å². The quantitative estimate of drug-likeness (QED) is 0.777. The number of aromatic nitrogens is 2. The Bertz CT molecular complexity index is 825. The van der Waals surface area contributed by atoms with Crippen molar-refractivity contribution < 1.29 is 9.18 Å². The maximum Gasteiger partial charge on any atom is 0.256 e. The van der Waals surface area contributed by atoms with Crippen molar-refractivity contribution >= 4 is 28.8 Å². The zero-order valence-corrected chi connectivity index (χ0v) is 13.8. The molecule has 0 saturated carbocycles. The number of benzene rings is 1. The summed E-state index contributed by atoms with van der Waals surface area (Å²) in [4.78, 5) is 13.2. The van der Waals surface area contributed by atoms with Crippen molar-refractivity contribution in [3.05, 3.63) is 63.9 Å². The van der Waals surface area contributed by atoms with Crippen LogP contribution >= 0.6 is 22.9 Å². The molecule has 1 amide bonds. The number of halogens is 2. The van der Waals surface area contributed by atoms with Crippen molar-refractivity contribution in [3.8, 4) is 10.6 Å². The first-order chi connectivity index (χ1) is 11.1. The van der Waals surface area contributed by atoms with E-state index in [1.807, 2.05) is 23.6 Å². The normalized spacial score (nSPS) is 10.7. The Morgan fingerprint density at radius 1 is 1.39 bits per heavy atom. The predicted octanol–water partition coefficient (Wildman–Crippen LogP) is 3.87. The van der Waals surface area contributed by atoms with Gasteiger partial charge < -0.3 is 5.32 Å². The van der Waals surface area contributed by atoms with Crippen LogP contribution in [0.15, 0.2) is 41.8 Å². The van der Waals surface area contributed by atoms with E-state index in [4.69, 9.17) is 11.6 Å². The molecule has 1 aromatic carbocycles. The van der Waals surface area contributed by atoms with Gasteiger partial charge in [0.05, 0.1) is 27.7 Å². The lowest BCUT2D eigenvalue weighted by Crippen LogP contribution is -2.25. The molecule has 2 aromatic heterocycles. The van der Waals surface area contributed by atoms with Gasteiger partial charge in [-0.3, -0.25) is 9.48 Å². The molecule has 0 radical (unpaired) electrons. The number of amides is 1. The Morgan fingerprint density at radius 3 is 2.91 bits per heavy atom. The van der Waals surface area contributed by atoms with Crippen molar-refractivity contribution in [1.82, 2.24) is 15.1 Å². The minimum Gasteiger partial charge on any atom is -0.346 e. The highest BCUT2D eigenvalue weighted by molar-refractivity contribution is 7.13. The molecule has 118 valence electrons. The van der Waals surface area contributed by atoms with Crippen LogP contribution in [-0.4, -0.2) is 15.7 Å². The number of hydrogen-bond acceptors (Lipinski definition) is 3. The molecular weight excluding hydrogens is 337 g/mol. The molecule has 1 N–H and O–H groups in total. The second-order valence-corrected chi connectivity index (χ2v) is 6.26. The number of aryl methyl sites for hydroxylation is 1. The van der Waals surface area contributed by atoms with Gasteiger partial charge in [0, 0.05) is 7.05 Å². The van der Waals surface area contributed by atoms with E-state index < -0.39 is 11.7 Å². The largest absolute Gasteiger partial charge is 0.346 e. The van der Waals surface area contributed by atoms with Crippen LogP contribution in [0.2, 0.25) is 5.02 Å². The minimum atomic E-state index is -0.640. The van der Waals surface area contributed by atoms with E-state index in [0.717, 1.165) is 16.3 Å². The molecule has 0 bridgehead atoms. The van der Waals surface area contributed by atoms with Gasteiger partial charge >= 0.3 is 0 Å². The number of nitrogens with one attached hydrogen (secondary N) is 1. The molecule has 0 unspecified atom stereocenters. The fraction of sp³-hybridized carbons (Fsp3) is 0.125. The molecule has 23 heavy (non-hydrogen) atoms. The van der Waals surface area contributed by atoms with Gasteiger partial charge in [-0.05, 0) is 29.6 Å². The summed E-state index contributed by atoms with van der Waals surface area (Å²) in [6.45, 7) is 0.234. The van der Waals surface area contributed by atoms with Gasteiger partial charge in [0.1, 0.15) is 11.5 Å². The average Bonchev–Trinajstić information content (AvgIpc) is 3.14. The van der Waals surface area contributed by atoms with Crippen LogP contribution in [0.5, 0.6) is 0 Å². The molecule has 0 aliphatic rings. The first-order valence-electron chi connectivity index (χ1n) is 6.85. The lowest BCUT2D eigenvalue weighted by atomic mass is 10.2. The van der Waals surface area contributed by atoms with Crippen molar-refractivity contribution in [2.24, 2.45) is 7.05 Å². The third-order valence-electron chi connectivity index (χ3n) is 3.37. The van der Waals surface area contributed by atoms with E-state index in [2.05, 4.69) is 10.4 Å². The highest BCUT2D eigenvalue weighted by Gasteiger charge is 2.16. The monoisotopic (exact) mass is 349 g/mol. The highest BCUT2D eigenvalue weighted by atomic mass is 35.5. The topological polar surface area (TPSA) is 46.9 Å². The van der Waals surface area contributed by atoms with Crippen LogP contribution in [-0.2, 0) is 13.6 Å². The van der Waals surface area contributed by atoms with Gasteiger partial charge in [-0.2, -0.15) is 5.10 Å². The number of carbonyl (C=O) groups excluding carboxylic acids is 1. The Kier molecular flexibility index (Phi) is 4.45. The van der Waals surface area contributed by atoms with E-state index in [0.29, 0.717) is 0 Å². The summed E-state index contributed by atoms with van der Waals surface area (Å²) in [5, 5.41) is 9.16. The van der Waals surface area contributed by atoms with Crippen LogP contribution in [0.1, 0.15) is 16.1 Å². The van der Waals surface area contributed by atoms with Crippen molar-refractivity contribution in [3.63, 3.8) is 0 Å². The second kappa shape index (κ2) is 6.52. The van der Waals surface area contributed by atoms with Gasteiger partial charge in [-0.25, -0.2) is 4.39 Å². The highest BCUT2D eigenvalue weighted by Crippen LogP contribution is 2.24. The molecular formula is C16H13ClFN3OS. The van der Waals surface area contributed by atoms with Crippen molar-refractivity contribution in [2.75, 3.05) is 0 Å². The molecule has 0 saturated heterocycles. The van der Waals surface area contributed by atoms with E-state index in [1.54, 1.807) is 23.1 Å². The predicted molar refractivity (Wildman–Crippen MR) is 89.1 cm³/mol. The molecule has 0 spiro atoms. The SMILES string of the molecule is Cn1nc(-c2cccs2)cc1CNC(=O)c1c(F)cccc1Cl. The maximum atomic E-state index is 13.7. The molecule has 3 aromatic rings. The summed E-state index contributed by atoms with van der Waals surface area (Å²) in [7, 11) is 1.80. The Balaban J connectivity index is 1.75. The molecule has 3 rings (SSSR count). The van der Waals surface area contributed by atoms with Crippen molar-refractivity contribution in [1.29, 1.82) is 0 Å². The van der Waals surface area contributed by atoms with Crippen LogP contribution in [0.3, 0.4) is 0 Å². The second-order valence-electron chi connectivity index (χ2n) is 4.90. The molecule has 4 nitrogen and oxygen atoms in total. The number of carbonyl (C=O) groups is 1. The Hall–Kier alpha value is -2.18. The number of hydrogen-bond donors (Lipinski definition) is 1.